The quantitative estimate of drug-likeness (QED) is 0.771. The molecule has 0 radical (unpaired) electrons. The van der Waals surface area contributed by atoms with Crippen LogP contribution in [0.4, 0.5) is 5.82 Å². The average molecular weight is 241 g/mol. The number of nitrogens with zero attached hydrogens (tertiary/aromatic N) is 3. The Hall–Kier alpha value is -2.23. The Labute approximate surface area is 106 Å². The maximum Gasteiger partial charge on any atom is 0.161 e. The third-order valence-electron chi connectivity index (χ3n) is 2.69. The van der Waals surface area contributed by atoms with Crippen LogP contribution in [0.2, 0.25) is 0 Å². The maximum atomic E-state index is 11.2. The smallest absolute Gasteiger partial charge is 0.161 e. The van der Waals surface area contributed by atoms with Gasteiger partial charge in [0.15, 0.2) is 5.78 Å². The Balaban J connectivity index is 2.09. The van der Waals surface area contributed by atoms with E-state index in [2.05, 4.69) is 9.97 Å². The van der Waals surface area contributed by atoms with Gasteiger partial charge in [0.2, 0.25) is 0 Å². The van der Waals surface area contributed by atoms with E-state index in [1.807, 2.05) is 36.3 Å². The molecule has 4 heteroatoms. The van der Waals surface area contributed by atoms with E-state index >= 15 is 0 Å². The van der Waals surface area contributed by atoms with Crippen LogP contribution in [0.25, 0.3) is 0 Å². The topological polar surface area (TPSA) is 46.1 Å². The molecule has 0 fully saturated rings. The van der Waals surface area contributed by atoms with Gasteiger partial charge in [-0.25, -0.2) is 4.98 Å². The summed E-state index contributed by atoms with van der Waals surface area (Å²) in [6, 6.07) is 7.58. The fraction of sp³-hybridized carbons (Fsp3) is 0.214. The molecule has 0 atom stereocenters. The molecule has 0 amide bonds. The average Bonchev–Trinajstić information content (AvgIpc) is 2.40. The molecule has 0 saturated heterocycles. The van der Waals surface area contributed by atoms with Crippen molar-refractivity contribution in [2.75, 3.05) is 11.9 Å². The molecule has 0 aliphatic rings. The van der Waals surface area contributed by atoms with Crippen LogP contribution in [-0.4, -0.2) is 22.8 Å². The SMILES string of the molecule is CC(=O)c1ccc(N(C)Cc2cccnc2)nc1. The lowest BCUT2D eigenvalue weighted by atomic mass is 10.2. The zero-order valence-electron chi connectivity index (χ0n) is 10.5. The first kappa shape index (κ1) is 12.2. The summed E-state index contributed by atoms with van der Waals surface area (Å²) >= 11 is 0. The fourth-order valence-corrected chi connectivity index (χ4v) is 1.67. The molecule has 2 rings (SSSR count). The standard InChI is InChI=1S/C14H15N3O/c1-11(18)13-5-6-14(16-9-13)17(2)10-12-4-3-7-15-8-12/h3-9H,10H2,1-2H3. The number of hydrogen-bond donors (Lipinski definition) is 0. The van der Waals surface area contributed by atoms with Crippen molar-refractivity contribution in [3.8, 4) is 0 Å². The van der Waals surface area contributed by atoms with Crippen molar-refractivity contribution in [2.24, 2.45) is 0 Å². The summed E-state index contributed by atoms with van der Waals surface area (Å²) < 4.78 is 0. The van der Waals surface area contributed by atoms with Gasteiger partial charge < -0.3 is 4.90 Å². The second-order valence-corrected chi connectivity index (χ2v) is 4.18. The molecule has 2 aromatic heterocycles. The molecule has 0 N–H and O–H groups in total. The second-order valence-electron chi connectivity index (χ2n) is 4.18. The van der Waals surface area contributed by atoms with Crippen molar-refractivity contribution in [2.45, 2.75) is 13.5 Å². The van der Waals surface area contributed by atoms with Crippen molar-refractivity contribution in [3.63, 3.8) is 0 Å². The number of carbonyl (C=O) groups is 1. The molecule has 4 nitrogen and oxygen atoms in total. The highest BCUT2D eigenvalue weighted by atomic mass is 16.1. The first-order chi connectivity index (χ1) is 8.66. The molecule has 92 valence electrons. The van der Waals surface area contributed by atoms with Crippen molar-refractivity contribution in [1.82, 2.24) is 9.97 Å². The van der Waals surface area contributed by atoms with Crippen LogP contribution in [0.15, 0.2) is 42.9 Å². The first-order valence-electron chi connectivity index (χ1n) is 5.74. The van der Waals surface area contributed by atoms with E-state index in [-0.39, 0.29) is 5.78 Å². The van der Waals surface area contributed by atoms with Gasteiger partial charge in [-0.2, -0.15) is 0 Å². The number of carbonyl (C=O) groups excluding carboxylic acids is 1. The largest absolute Gasteiger partial charge is 0.355 e. The van der Waals surface area contributed by atoms with Crippen LogP contribution in [0.1, 0.15) is 22.8 Å². The van der Waals surface area contributed by atoms with Crippen LogP contribution in [0.5, 0.6) is 0 Å². The molecule has 0 aliphatic heterocycles. The number of rotatable bonds is 4. The van der Waals surface area contributed by atoms with E-state index in [4.69, 9.17) is 0 Å². The van der Waals surface area contributed by atoms with Crippen molar-refractivity contribution >= 4 is 11.6 Å². The molecule has 0 unspecified atom stereocenters. The zero-order chi connectivity index (χ0) is 13.0. The van der Waals surface area contributed by atoms with Gasteiger partial charge in [-0.3, -0.25) is 9.78 Å². The van der Waals surface area contributed by atoms with E-state index in [0.717, 1.165) is 17.9 Å². The Morgan fingerprint density at radius 3 is 2.67 bits per heavy atom. The predicted molar refractivity (Wildman–Crippen MR) is 70.6 cm³/mol. The van der Waals surface area contributed by atoms with Crippen LogP contribution in [0, 0.1) is 0 Å². The van der Waals surface area contributed by atoms with Gasteiger partial charge in [-0.05, 0) is 30.7 Å². The molecule has 2 heterocycles. The molecule has 0 spiro atoms. The van der Waals surface area contributed by atoms with Gasteiger partial charge in [-0.1, -0.05) is 6.07 Å². The minimum absolute atomic E-state index is 0.0314. The Morgan fingerprint density at radius 2 is 2.11 bits per heavy atom. The second kappa shape index (κ2) is 5.40. The maximum absolute atomic E-state index is 11.2. The number of ketones is 1. The summed E-state index contributed by atoms with van der Waals surface area (Å²) in [7, 11) is 1.96. The van der Waals surface area contributed by atoms with Gasteiger partial charge in [0.05, 0.1) is 0 Å². The molecule has 18 heavy (non-hydrogen) atoms. The first-order valence-corrected chi connectivity index (χ1v) is 5.74. The normalized spacial score (nSPS) is 10.1. The summed E-state index contributed by atoms with van der Waals surface area (Å²) in [6.45, 7) is 2.27. The Morgan fingerprint density at radius 1 is 1.28 bits per heavy atom. The van der Waals surface area contributed by atoms with Gasteiger partial charge >= 0.3 is 0 Å². The number of pyridine rings is 2. The van der Waals surface area contributed by atoms with Crippen molar-refractivity contribution in [1.29, 1.82) is 0 Å². The minimum Gasteiger partial charge on any atom is -0.355 e. The lowest BCUT2D eigenvalue weighted by Gasteiger charge is -2.17. The van der Waals surface area contributed by atoms with Crippen LogP contribution in [0.3, 0.4) is 0 Å². The monoisotopic (exact) mass is 241 g/mol. The van der Waals surface area contributed by atoms with Gasteiger partial charge in [0, 0.05) is 37.7 Å². The highest BCUT2D eigenvalue weighted by Crippen LogP contribution is 2.12. The van der Waals surface area contributed by atoms with Crippen LogP contribution < -0.4 is 4.90 Å². The fourth-order valence-electron chi connectivity index (χ4n) is 1.67. The summed E-state index contributed by atoms with van der Waals surface area (Å²) in [4.78, 5) is 21.5. The lowest BCUT2D eigenvalue weighted by Crippen LogP contribution is -2.17. The Kier molecular flexibility index (Phi) is 3.67. The molecule has 0 aromatic carbocycles. The van der Waals surface area contributed by atoms with E-state index in [1.54, 1.807) is 18.5 Å². The van der Waals surface area contributed by atoms with Crippen LogP contribution in [-0.2, 0) is 6.54 Å². The molecule has 0 saturated carbocycles. The minimum atomic E-state index is 0.0314. The van der Waals surface area contributed by atoms with Gasteiger partial charge in [0.25, 0.3) is 0 Å². The highest BCUT2D eigenvalue weighted by Gasteiger charge is 2.05. The van der Waals surface area contributed by atoms with E-state index in [9.17, 15) is 4.79 Å². The summed E-state index contributed by atoms with van der Waals surface area (Å²) in [5.74, 6) is 0.868. The number of Topliss-reactive ketones (excluding diaryl/α,β-unsaturated/α-hetero) is 1. The lowest BCUT2D eigenvalue weighted by molar-refractivity contribution is 0.101. The summed E-state index contributed by atoms with van der Waals surface area (Å²) in [5, 5.41) is 0. The van der Waals surface area contributed by atoms with Crippen molar-refractivity contribution in [3.05, 3.63) is 54.0 Å². The van der Waals surface area contributed by atoms with Gasteiger partial charge in [-0.15, -0.1) is 0 Å². The predicted octanol–water partition coefficient (Wildman–Crippen LogP) is 2.32. The summed E-state index contributed by atoms with van der Waals surface area (Å²) in [6.07, 6.45) is 5.20. The number of aromatic nitrogens is 2. The number of hydrogen-bond acceptors (Lipinski definition) is 4. The number of anilines is 1. The van der Waals surface area contributed by atoms with Gasteiger partial charge in [0.1, 0.15) is 5.82 Å². The summed E-state index contributed by atoms with van der Waals surface area (Å²) in [5.41, 5.74) is 1.76. The third-order valence-corrected chi connectivity index (χ3v) is 2.69. The van der Waals surface area contributed by atoms with Crippen LogP contribution >= 0.6 is 0 Å². The zero-order valence-corrected chi connectivity index (χ0v) is 10.5. The highest BCUT2D eigenvalue weighted by molar-refractivity contribution is 5.93. The Bertz CT molecular complexity index is 522. The van der Waals surface area contributed by atoms with Crippen molar-refractivity contribution < 1.29 is 4.79 Å². The molecule has 2 aromatic rings. The molecule has 0 aliphatic carbocycles. The van der Waals surface area contributed by atoms with E-state index in [1.165, 1.54) is 6.92 Å². The van der Waals surface area contributed by atoms with E-state index in [0.29, 0.717) is 5.56 Å². The van der Waals surface area contributed by atoms with E-state index < -0.39 is 0 Å². The molecule has 0 bridgehead atoms. The third kappa shape index (κ3) is 2.91. The molecular weight excluding hydrogens is 226 g/mol. The molecular formula is C14H15N3O.